The minimum absolute atomic E-state index is 0.423. The first-order valence-electron chi connectivity index (χ1n) is 7.74. The van der Waals surface area contributed by atoms with Gasteiger partial charge >= 0.3 is 0 Å². The normalized spacial score (nSPS) is 11.6. The quantitative estimate of drug-likeness (QED) is 0.815. The van der Waals surface area contributed by atoms with Gasteiger partial charge in [-0.05, 0) is 44.4 Å². The Bertz CT molecular complexity index is 734. The Balaban J connectivity index is 2.29. The molecule has 0 aliphatic carbocycles. The van der Waals surface area contributed by atoms with E-state index in [-0.39, 0.29) is 0 Å². The van der Waals surface area contributed by atoms with Gasteiger partial charge in [-0.3, -0.25) is 0 Å². The molecule has 24 heavy (non-hydrogen) atoms. The van der Waals surface area contributed by atoms with Gasteiger partial charge in [0.1, 0.15) is 12.9 Å². The maximum Gasteiger partial charge on any atom is 0.155 e. The van der Waals surface area contributed by atoms with Gasteiger partial charge in [0.05, 0.1) is 23.0 Å². The van der Waals surface area contributed by atoms with Crippen LogP contribution in [0.25, 0.3) is 0 Å². The number of hydrogen-bond acceptors (Lipinski definition) is 5. The van der Waals surface area contributed by atoms with E-state index in [1.165, 1.54) is 17.5 Å². The second-order valence-corrected chi connectivity index (χ2v) is 6.77. The number of aromatic nitrogens is 3. The number of nitriles is 2. The van der Waals surface area contributed by atoms with Crippen molar-refractivity contribution in [1.82, 2.24) is 14.9 Å². The third kappa shape index (κ3) is 3.91. The first-order chi connectivity index (χ1) is 11.3. The summed E-state index contributed by atoms with van der Waals surface area (Å²) in [7, 11) is 0. The van der Waals surface area contributed by atoms with Crippen LogP contribution in [0.2, 0.25) is 0 Å². The van der Waals surface area contributed by atoms with Crippen LogP contribution in [0.15, 0.2) is 30.9 Å². The summed E-state index contributed by atoms with van der Waals surface area (Å²) in [4.78, 5) is 10.6. The summed E-state index contributed by atoms with van der Waals surface area (Å²) in [6.07, 6.45) is 3.53. The molecule has 0 aliphatic rings. The first kappa shape index (κ1) is 17.5. The molecule has 2 rings (SSSR count). The Hall–Kier alpha value is -2.86. The average molecular weight is 323 g/mol. The lowest BCUT2D eigenvalue weighted by Gasteiger charge is -2.23. The summed E-state index contributed by atoms with van der Waals surface area (Å²) < 4.78 is 0. The van der Waals surface area contributed by atoms with Crippen molar-refractivity contribution < 1.29 is 4.84 Å². The second-order valence-electron chi connectivity index (χ2n) is 6.77. The van der Waals surface area contributed by atoms with Gasteiger partial charge in [0.2, 0.25) is 0 Å². The van der Waals surface area contributed by atoms with Crippen LogP contribution in [0.1, 0.15) is 44.4 Å². The summed E-state index contributed by atoms with van der Waals surface area (Å²) in [6.45, 7) is 7.93. The van der Waals surface area contributed by atoms with E-state index in [1.54, 1.807) is 0 Å². The van der Waals surface area contributed by atoms with Crippen LogP contribution >= 0.6 is 0 Å². The molecule has 0 aliphatic heterocycles. The van der Waals surface area contributed by atoms with Crippen molar-refractivity contribution >= 4 is 0 Å². The van der Waals surface area contributed by atoms with E-state index in [1.807, 2.05) is 45.9 Å². The molecule has 0 spiro atoms. The summed E-state index contributed by atoms with van der Waals surface area (Å²) >= 11 is 0. The molecule has 0 unspecified atom stereocenters. The molecule has 6 nitrogen and oxygen atoms in total. The van der Waals surface area contributed by atoms with Gasteiger partial charge < -0.3 is 4.84 Å². The minimum Gasteiger partial charge on any atom is -0.395 e. The van der Waals surface area contributed by atoms with E-state index in [0.29, 0.717) is 13.0 Å². The first-order valence-corrected chi connectivity index (χ1v) is 7.74. The second kappa shape index (κ2) is 6.72. The van der Waals surface area contributed by atoms with Gasteiger partial charge in [-0.15, -0.1) is 5.10 Å². The largest absolute Gasteiger partial charge is 0.395 e. The Morgan fingerprint density at radius 1 is 1.04 bits per heavy atom. The molecule has 1 aromatic carbocycles. The van der Waals surface area contributed by atoms with Crippen LogP contribution in [0.3, 0.4) is 0 Å². The van der Waals surface area contributed by atoms with E-state index in [9.17, 15) is 10.5 Å². The van der Waals surface area contributed by atoms with Crippen LogP contribution in [0, 0.1) is 22.7 Å². The summed E-state index contributed by atoms with van der Waals surface area (Å²) in [5, 5.41) is 22.7. The minimum atomic E-state index is -0.622. The van der Waals surface area contributed by atoms with Gasteiger partial charge in [0.25, 0.3) is 0 Å². The van der Waals surface area contributed by atoms with Crippen molar-refractivity contribution in [2.75, 3.05) is 6.61 Å². The third-order valence-corrected chi connectivity index (χ3v) is 4.01. The van der Waals surface area contributed by atoms with E-state index < -0.39 is 10.8 Å². The summed E-state index contributed by atoms with van der Waals surface area (Å²) in [6, 6.07) is 10.6. The molecule has 124 valence electrons. The number of benzene rings is 1. The van der Waals surface area contributed by atoms with Crippen LogP contribution in [0.4, 0.5) is 0 Å². The predicted molar refractivity (Wildman–Crippen MR) is 88.9 cm³/mol. The van der Waals surface area contributed by atoms with Crippen LogP contribution < -0.4 is 4.84 Å². The van der Waals surface area contributed by atoms with Crippen molar-refractivity contribution in [1.29, 1.82) is 10.5 Å². The van der Waals surface area contributed by atoms with Crippen molar-refractivity contribution in [3.8, 4) is 12.1 Å². The SMILES string of the molecule is CC(C)(C#N)c1cc(CCOn2cncn2)cc(C(C)(C)C#N)c1. The molecule has 0 N–H and O–H groups in total. The summed E-state index contributed by atoms with van der Waals surface area (Å²) in [5.74, 6) is 0. The molecule has 0 saturated heterocycles. The van der Waals surface area contributed by atoms with Gasteiger partial charge in [0, 0.05) is 6.42 Å². The molecule has 2 aromatic rings. The standard InChI is InChI=1S/C18H21N5O/c1-17(2,10-19)15-7-14(5-6-24-23-13-21-12-22-23)8-16(9-15)18(3,4)11-20/h7-9,12-13H,5-6H2,1-4H3. The molecule has 0 radical (unpaired) electrons. The number of rotatable bonds is 6. The van der Waals surface area contributed by atoms with Crippen LogP contribution in [-0.4, -0.2) is 21.5 Å². The van der Waals surface area contributed by atoms with E-state index in [4.69, 9.17) is 4.84 Å². The fourth-order valence-corrected chi connectivity index (χ4v) is 2.21. The molecule has 0 fully saturated rings. The predicted octanol–water partition coefficient (Wildman–Crippen LogP) is 2.55. The smallest absolute Gasteiger partial charge is 0.155 e. The zero-order chi connectivity index (χ0) is 17.8. The molecule has 0 saturated carbocycles. The monoisotopic (exact) mass is 323 g/mol. The molecule has 0 atom stereocenters. The molecule has 6 heteroatoms. The Kier molecular flexibility index (Phi) is 4.90. The lowest BCUT2D eigenvalue weighted by Crippen LogP contribution is -2.20. The molecule has 0 amide bonds. The fourth-order valence-electron chi connectivity index (χ4n) is 2.21. The molecule has 1 heterocycles. The van der Waals surface area contributed by atoms with Gasteiger partial charge in [-0.25, -0.2) is 4.98 Å². The van der Waals surface area contributed by atoms with Crippen LogP contribution in [-0.2, 0) is 17.3 Å². The topological polar surface area (TPSA) is 87.5 Å². The molecule has 0 bridgehead atoms. The highest BCUT2D eigenvalue weighted by Gasteiger charge is 2.26. The molecular weight excluding hydrogens is 302 g/mol. The Labute approximate surface area is 142 Å². The zero-order valence-corrected chi connectivity index (χ0v) is 14.4. The maximum absolute atomic E-state index is 9.43. The highest BCUT2D eigenvalue weighted by atomic mass is 16.7. The zero-order valence-electron chi connectivity index (χ0n) is 14.4. The fraction of sp³-hybridized carbons (Fsp3) is 0.444. The Morgan fingerprint density at radius 2 is 1.62 bits per heavy atom. The highest BCUT2D eigenvalue weighted by Crippen LogP contribution is 2.30. The van der Waals surface area contributed by atoms with E-state index in [2.05, 4.69) is 22.2 Å². The molecular formula is C18H21N5O. The summed E-state index contributed by atoms with van der Waals surface area (Å²) in [5.41, 5.74) is 1.59. The lowest BCUT2D eigenvalue weighted by molar-refractivity contribution is 0.0839. The van der Waals surface area contributed by atoms with Gasteiger partial charge in [0.15, 0.2) is 6.33 Å². The van der Waals surface area contributed by atoms with Gasteiger partial charge in [-0.1, -0.05) is 23.0 Å². The lowest BCUT2D eigenvalue weighted by atomic mass is 9.79. The maximum atomic E-state index is 9.43. The highest BCUT2D eigenvalue weighted by molar-refractivity contribution is 5.42. The van der Waals surface area contributed by atoms with Crippen molar-refractivity contribution in [2.24, 2.45) is 0 Å². The van der Waals surface area contributed by atoms with E-state index >= 15 is 0 Å². The Morgan fingerprint density at radius 3 is 2.08 bits per heavy atom. The van der Waals surface area contributed by atoms with E-state index in [0.717, 1.165) is 16.7 Å². The van der Waals surface area contributed by atoms with Crippen molar-refractivity contribution in [2.45, 2.75) is 44.9 Å². The van der Waals surface area contributed by atoms with Crippen molar-refractivity contribution in [3.05, 3.63) is 47.5 Å². The number of hydrogen-bond donors (Lipinski definition) is 0. The average Bonchev–Trinajstić information content (AvgIpc) is 3.08. The molecule has 1 aromatic heterocycles. The van der Waals surface area contributed by atoms with Crippen molar-refractivity contribution in [3.63, 3.8) is 0 Å². The van der Waals surface area contributed by atoms with Crippen LogP contribution in [0.5, 0.6) is 0 Å². The van der Waals surface area contributed by atoms with Gasteiger partial charge in [-0.2, -0.15) is 10.5 Å². The number of nitrogens with zero attached hydrogens (tertiary/aromatic N) is 5. The third-order valence-electron chi connectivity index (χ3n) is 4.01.